The molecule has 184 valence electrons. The molecule has 2 aromatic carbocycles. The summed E-state index contributed by atoms with van der Waals surface area (Å²) in [6.07, 6.45) is 5.20. The second kappa shape index (κ2) is 10.8. The van der Waals surface area contributed by atoms with Crippen LogP contribution in [0, 0.1) is 5.92 Å². The van der Waals surface area contributed by atoms with Crippen molar-refractivity contribution >= 4 is 28.6 Å². The Morgan fingerprint density at radius 2 is 1.82 bits per heavy atom. The number of carboxylic acid groups (broad SMARTS) is 1. The third-order valence-electron chi connectivity index (χ3n) is 6.53. The van der Waals surface area contributed by atoms with Crippen LogP contribution in [0.3, 0.4) is 0 Å². The number of nitrogens with zero attached hydrogens (tertiary/aromatic N) is 3. The van der Waals surface area contributed by atoms with Crippen molar-refractivity contribution in [3.8, 4) is 11.4 Å². The smallest absolute Gasteiger partial charge is 0.303 e. The summed E-state index contributed by atoms with van der Waals surface area (Å²) >= 11 is 6.12. The molecule has 6 nitrogen and oxygen atoms in total. The van der Waals surface area contributed by atoms with E-state index < -0.39 is 5.97 Å². The Hall–Kier alpha value is -2.60. The third kappa shape index (κ3) is 6.09. The fraction of sp³-hybridized carbons (Fsp3) is 0.519. The van der Waals surface area contributed by atoms with Crippen LogP contribution in [0.5, 0.6) is 5.75 Å². The molecule has 0 bridgehead atoms. The number of carboxylic acids is 1. The van der Waals surface area contributed by atoms with E-state index in [1.54, 1.807) is 18.2 Å². The molecule has 34 heavy (non-hydrogen) atoms. The maximum absolute atomic E-state index is 11.8. The lowest BCUT2D eigenvalue weighted by atomic mass is 9.79. The molecule has 0 aliphatic heterocycles. The number of benzene rings is 2. The number of hydrogen-bond donors (Lipinski definition) is 2. The first-order valence-corrected chi connectivity index (χ1v) is 12.5. The van der Waals surface area contributed by atoms with E-state index in [2.05, 4.69) is 24.0 Å². The number of aromatic nitrogens is 3. The number of halogens is 1. The molecule has 3 aromatic rings. The molecule has 0 spiro atoms. The third-order valence-corrected chi connectivity index (χ3v) is 6.77. The Balaban J connectivity index is 2.15. The van der Waals surface area contributed by atoms with Crippen LogP contribution in [0.25, 0.3) is 16.7 Å². The lowest BCUT2D eigenvalue weighted by Crippen LogP contribution is -2.17. The average molecular weight is 486 g/mol. The van der Waals surface area contributed by atoms with Gasteiger partial charge < -0.3 is 10.2 Å². The van der Waals surface area contributed by atoms with Crippen molar-refractivity contribution in [2.24, 2.45) is 5.92 Å². The summed E-state index contributed by atoms with van der Waals surface area (Å²) in [6.45, 7) is 10.4. The van der Waals surface area contributed by atoms with Gasteiger partial charge in [0.05, 0.1) is 6.42 Å². The molecule has 2 atom stereocenters. The molecule has 3 rings (SSSR count). The number of hydrogen-bond acceptors (Lipinski definition) is 4. The molecule has 0 radical (unpaired) electrons. The first-order chi connectivity index (χ1) is 16.0. The van der Waals surface area contributed by atoms with E-state index in [1.165, 1.54) is 4.80 Å². The molecule has 2 N–H and O–H groups in total. The van der Waals surface area contributed by atoms with E-state index in [4.69, 9.17) is 11.6 Å². The SMILES string of the molecule is CCCCC(CC)CC(CC(=O)O)c1cc(-n2nc3ccc(Cl)cc3n2)c(O)c(C(C)(C)C)c1. The minimum absolute atomic E-state index is 0.0422. The highest BCUT2D eigenvalue weighted by Gasteiger charge is 2.27. The molecule has 0 fully saturated rings. The van der Waals surface area contributed by atoms with Crippen LogP contribution in [0.2, 0.25) is 5.02 Å². The lowest BCUT2D eigenvalue weighted by Gasteiger charge is -2.27. The molecule has 1 heterocycles. The highest BCUT2D eigenvalue weighted by Crippen LogP contribution is 2.40. The molecule has 0 aliphatic rings. The zero-order valence-electron chi connectivity index (χ0n) is 20.8. The van der Waals surface area contributed by atoms with Gasteiger partial charge in [-0.05, 0) is 53.5 Å². The van der Waals surface area contributed by atoms with Crippen LogP contribution in [-0.2, 0) is 10.2 Å². The zero-order chi connectivity index (χ0) is 25.0. The topological polar surface area (TPSA) is 88.2 Å². The standard InChI is InChI=1S/C27H36ClN3O3/c1-6-8-9-17(7-2)12-18(15-25(32)33)19-13-21(27(3,4)5)26(34)24(14-19)31-29-22-11-10-20(28)16-23(22)30-31/h10-11,13-14,16-18,34H,6-9,12,15H2,1-5H3,(H,32,33). The first kappa shape index (κ1) is 26.0. The number of rotatable bonds is 10. The Bertz CT molecular complexity index is 1150. The summed E-state index contributed by atoms with van der Waals surface area (Å²) in [4.78, 5) is 13.3. The second-order valence-electron chi connectivity index (χ2n) is 10.3. The van der Waals surface area contributed by atoms with Crippen molar-refractivity contribution in [2.75, 3.05) is 0 Å². The molecular formula is C27H36ClN3O3. The van der Waals surface area contributed by atoms with Gasteiger partial charge in [0.2, 0.25) is 0 Å². The van der Waals surface area contributed by atoms with Crippen molar-refractivity contribution in [1.29, 1.82) is 0 Å². The number of phenolic OH excluding ortho intramolecular Hbond substituents is 1. The highest BCUT2D eigenvalue weighted by atomic mass is 35.5. The fourth-order valence-electron chi connectivity index (χ4n) is 4.53. The van der Waals surface area contributed by atoms with Crippen LogP contribution in [0.1, 0.15) is 90.2 Å². The number of unbranched alkanes of at least 4 members (excludes halogenated alkanes) is 1. The van der Waals surface area contributed by atoms with Gasteiger partial charge in [0.1, 0.15) is 22.5 Å². The van der Waals surface area contributed by atoms with Crippen LogP contribution in [-0.4, -0.2) is 31.2 Å². The van der Waals surface area contributed by atoms with E-state index in [9.17, 15) is 15.0 Å². The van der Waals surface area contributed by atoms with Crippen molar-refractivity contribution in [2.45, 2.75) is 84.5 Å². The Morgan fingerprint density at radius 3 is 2.44 bits per heavy atom. The van der Waals surface area contributed by atoms with Crippen LogP contribution < -0.4 is 0 Å². The summed E-state index contributed by atoms with van der Waals surface area (Å²) in [5, 5.41) is 30.6. The van der Waals surface area contributed by atoms with Crippen LogP contribution in [0.4, 0.5) is 0 Å². The van der Waals surface area contributed by atoms with E-state index in [0.29, 0.717) is 27.7 Å². The van der Waals surface area contributed by atoms with Crippen molar-refractivity contribution in [3.05, 3.63) is 46.5 Å². The summed E-state index contributed by atoms with van der Waals surface area (Å²) in [6, 6.07) is 9.10. The maximum Gasteiger partial charge on any atom is 0.303 e. The monoisotopic (exact) mass is 485 g/mol. The predicted molar refractivity (Wildman–Crippen MR) is 137 cm³/mol. The van der Waals surface area contributed by atoms with Crippen molar-refractivity contribution in [3.63, 3.8) is 0 Å². The molecule has 0 amide bonds. The molecule has 7 heteroatoms. The number of carbonyl (C=O) groups is 1. The summed E-state index contributed by atoms with van der Waals surface area (Å²) < 4.78 is 0. The van der Waals surface area contributed by atoms with Gasteiger partial charge in [-0.15, -0.1) is 15.0 Å². The molecule has 2 unspecified atom stereocenters. The van der Waals surface area contributed by atoms with E-state index in [0.717, 1.165) is 43.2 Å². The highest BCUT2D eigenvalue weighted by molar-refractivity contribution is 6.31. The maximum atomic E-state index is 11.8. The molecule has 0 saturated heterocycles. The van der Waals surface area contributed by atoms with E-state index >= 15 is 0 Å². The lowest BCUT2D eigenvalue weighted by molar-refractivity contribution is -0.137. The van der Waals surface area contributed by atoms with Gasteiger partial charge in [-0.1, -0.05) is 78.0 Å². The average Bonchev–Trinajstić information content (AvgIpc) is 3.17. The van der Waals surface area contributed by atoms with E-state index in [1.807, 2.05) is 32.9 Å². The molecule has 0 saturated carbocycles. The molecule has 0 aliphatic carbocycles. The predicted octanol–water partition coefficient (Wildman–Crippen LogP) is 7.24. The molecular weight excluding hydrogens is 450 g/mol. The summed E-state index contributed by atoms with van der Waals surface area (Å²) in [7, 11) is 0. The summed E-state index contributed by atoms with van der Waals surface area (Å²) in [5.41, 5.74) is 3.03. The number of aromatic hydroxyl groups is 1. The first-order valence-electron chi connectivity index (χ1n) is 12.2. The second-order valence-corrected chi connectivity index (χ2v) is 10.7. The van der Waals surface area contributed by atoms with Gasteiger partial charge in [-0.25, -0.2) is 0 Å². The van der Waals surface area contributed by atoms with Crippen molar-refractivity contribution in [1.82, 2.24) is 15.0 Å². The van der Waals surface area contributed by atoms with Crippen LogP contribution in [0.15, 0.2) is 30.3 Å². The van der Waals surface area contributed by atoms with Gasteiger partial charge >= 0.3 is 5.97 Å². The Kier molecular flexibility index (Phi) is 8.24. The van der Waals surface area contributed by atoms with Crippen molar-refractivity contribution < 1.29 is 15.0 Å². The quantitative estimate of drug-likeness (QED) is 0.316. The Labute approximate surface area is 206 Å². The van der Waals surface area contributed by atoms with Gasteiger partial charge in [-0.3, -0.25) is 4.79 Å². The molecule has 1 aromatic heterocycles. The van der Waals surface area contributed by atoms with Gasteiger partial charge in [-0.2, -0.15) is 0 Å². The minimum Gasteiger partial charge on any atom is -0.505 e. The minimum atomic E-state index is -0.820. The van der Waals surface area contributed by atoms with Gasteiger partial charge in [0.15, 0.2) is 0 Å². The number of phenols is 1. The largest absolute Gasteiger partial charge is 0.505 e. The van der Waals surface area contributed by atoms with Gasteiger partial charge in [0, 0.05) is 10.6 Å². The normalized spacial score (nSPS) is 13.8. The fourth-order valence-corrected chi connectivity index (χ4v) is 4.69. The number of fused-ring (bicyclic) bond motifs is 1. The number of aliphatic carboxylic acids is 1. The van der Waals surface area contributed by atoms with Crippen LogP contribution >= 0.6 is 11.6 Å². The Morgan fingerprint density at radius 1 is 1.12 bits per heavy atom. The zero-order valence-corrected chi connectivity index (χ0v) is 21.6. The van der Waals surface area contributed by atoms with Gasteiger partial charge in [0.25, 0.3) is 0 Å². The van der Waals surface area contributed by atoms with E-state index in [-0.39, 0.29) is 23.5 Å². The summed E-state index contributed by atoms with van der Waals surface area (Å²) in [5.74, 6) is -0.430.